The average molecular weight is 328 g/mol. The van der Waals surface area contributed by atoms with E-state index in [4.69, 9.17) is 15.2 Å². The number of carbonyl (C=O) groups is 1. The van der Waals surface area contributed by atoms with Crippen LogP contribution in [0.5, 0.6) is 11.5 Å². The van der Waals surface area contributed by atoms with Gasteiger partial charge in [-0.15, -0.1) is 0 Å². The largest absolute Gasteiger partial charge is 0.495 e. The average Bonchev–Trinajstić information content (AvgIpc) is 2.53. The lowest BCUT2D eigenvalue weighted by atomic mass is 9.87. The number of carbonyl (C=O) groups excluding carboxylic acids is 1. The van der Waals surface area contributed by atoms with Gasteiger partial charge in [0, 0.05) is 5.69 Å². The number of nitrogens with one attached hydrogen (secondary N) is 1. The third kappa shape index (κ3) is 4.65. The summed E-state index contributed by atoms with van der Waals surface area (Å²) in [5.74, 6) is 0.920. The molecule has 0 saturated carbocycles. The number of methoxy groups -OCH3 is 1. The van der Waals surface area contributed by atoms with Crippen LogP contribution in [0.4, 0.5) is 11.4 Å². The summed E-state index contributed by atoms with van der Waals surface area (Å²) in [6, 6.07) is 12.8. The first-order chi connectivity index (χ1) is 11.3. The summed E-state index contributed by atoms with van der Waals surface area (Å²) in [6.07, 6.45) is 0. The van der Waals surface area contributed by atoms with Crippen LogP contribution in [0.15, 0.2) is 42.5 Å². The molecule has 2 aromatic carbocycles. The van der Waals surface area contributed by atoms with Gasteiger partial charge in [0.05, 0.1) is 12.8 Å². The maximum absolute atomic E-state index is 12.1. The molecule has 128 valence electrons. The molecule has 0 aliphatic carbocycles. The van der Waals surface area contributed by atoms with E-state index >= 15 is 0 Å². The zero-order valence-electron chi connectivity index (χ0n) is 14.6. The molecule has 0 fully saturated rings. The van der Waals surface area contributed by atoms with Crippen molar-refractivity contribution in [2.75, 3.05) is 24.8 Å². The lowest BCUT2D eigenvalue weighted by Crippen LogP contribution is -2.20. The quantitative estimate of drug-likeness (QED) is 0.823. The van der Waals surface area contributed by atoms with E-state index in [2.05, 4.69) is 26.1 Å². The first-order valence-corrected chi connectivity index (χ1v) is 7.76. The number of hydrogen-bond donors (Lipinski definition) is 2. The SMILES string of the molecule is COc1ccc(N)cc1NC(=O)COc1ccc(C(C)(C)C)cc1. The molecule has 5 heteroatoms. The maximum Gasteiger partial charge on any atom is 0.262 e. The second-order valence-corrected chi connectivity index (χ2v) is 6.57. The zero-order valence-corrected chi connectivity index (χ0v) is 14.6. The van der Waals surface area contributed by atoms with E-state index in [9.17, 15) is 4.79 Å². The van der Waals surface area contributed by atoms with Gasteiger partial charge in [0.15, 0.2) is 6.61 Å². The standard InChI is InChI=1S/C19H24N2O3/c1-19(2,3)13-5-8-15(9-6-13)24-12-18(22)21-16-11-14(20)7-10-17(16)23-4/h5-11H,12,20H2,1-4H3,(H,21,22). The van der Waals surface area contributed by atoms with E-state index in [0.29, 0.717) is 22.9 Å². The number of anilines is 2. The predicted molar refractivity (Wildman–Crippen MR) is 96.7 cm³/mol. The number of nitrogen functional groups attached to an aromatic ring is 1. The van der Waals surface area contributed by atoms with Crippen LogP contribution < -0.4 is 20.5 Å². The molecule has 1 amide bonds. The van der Waals surface area contributed by atoms with Gasteiger partial charge in [-0.3, -0.25) is 4.79 Å². The Morgan fingerprint density at radius 2 is 1.79 bits per heavy atom. The van der Waals surface area contributed by atoms with Gasteiger partial charge in [-0.05, 0) is 41.3 Å². The molecule has 2 rings (SSSR count). The van der Waals surface area contributed by atoms with Crippen LogP contribution in [0.25, 0.3) is 0 Å². The van der Waals surface area contributed by atoms with Crippen molar-refractivity contribution in [3.63, 3.8) is 0 Å². The van der Waals surface area contributed by atoms with E-state index in [1.807, 2.05) is 24.3 Å². The molecule has 0 saturated heterocycles. The normalized spacial score (nSPS) is 11.0. The van der Waals surface area contributed by atoms with Crippen molar-refractivity contribution >= 4 is 17.3 Å². The Morgan fingerprint density at radius 1 is 1.12 bits per heavy atom. The van der Waals surface area contributed by atoms with Crippen molar-refractivity contribution in [1.29, 1.82) is 0 Å². The molecule has 3 N–H and O–H groups in total. The van der Waals surface area contributed by atoms with E-state index in [1.165, 1.54) is 12.7 Å². The van der Waals surface area contributed by atoms with Crippen molar-refractivity contribution < 1.29 is 14.3 Å². The van der Waals surface area contributed by atoms with Gasteiger partial charge in [-0.1, -0.05) is 32.9 Å². The smallest absolute Gasteiger partial charge is 0.262 e. The summed E-state index contributed by atoms with van der Waals surface area (Å²) in [4.78, 5) is 12.1. The molecule has 2 aromatic rings. The third-order valence-corrected chi connectivity index (χ3v) is 3.59. The van der Waals surface area contributed by atoms with E-state index in [0.717, 1.165) is 0 Å². The summed E-state index contributed by atoms with van der Waals surface area (Å²) in [7, 11) is 1.54. The van der Waals surface area contributed by atoms with Crippen LogP contribution in [0, 0.1) is 0 Å². The molecule has 0 aromatic heterocycles. The minimum atomic E-state index is -0.279. The van der Waals surface area contributed by atoms with Crippen LogP contribution in [0.3, 0.4) is 0 Å². The van der Waals surface area contributed by atoms with Crippen LogP contribution in [0.2, 0.25) is 0 Å². The molecule has 0 unspecified atom stereocenters. The molecule has 0 atom stereocenters. The lowest BCUT2D eigenvalue weighted by Gasteiger charge is -2.19. The Bertz CT molecular complexity index is 704. The van der Waals surface area contributed by atoms with Gasteiger partial charge in [-0.2, -0.15) is 0 Å². The first-order valence-electron chi connectivity index (χ1n) is 7.76. The van der Waals surface area contributed by atoms with Gasteiger partial charge in [-0.25, -0.2) is 0 Å². The minimum absolute atomic E-state index is 0.0830. The monoisotopic (exact) mass is 328 g/mol. The molecule has 0 bridgehead atoms. The highest BCUT2D eigenvalue weighted by molar-refractivity contribution is 5.93. The summed E-state index contributed by atoms with van der Waals surface area (Å²) in [5.41, 5.74) is 8.10. The number of amides is 1. The summed E-state index contributed by atoms with van der Waals surface area (Å²) < 4.78 is 10.7. The fraction of sp³-hybridized carbons (Fsp3) is 0.316. The van der Waals surface area contributed by atoms with E-state index in [1.54, 1.807) is 18.2 Å². The Balaban J connectivity index is 1.95. The van der Waals surface area contributed by atoms with E-state index in [-0.39, 0.29) is 17.9 Å². The Kier molecular flexibility index (Phi) is 5.34. The number of rotatable bonds is 5. The lowest BCUT2D eigenvalue weighted by molar-refractivity contribution is -0.118. The van der Waals surface area contributed by atoms with Gasteiger partial charge in [0.2, 0.25) is 0 Å². The summed E-state index contributed by atoms with van der Waals surface area (Å²) in [5, 5.41) is 2.74. The molecule has 0 aliphatic rings. The number of nitrogens with two attached hydrogens (primary N) is 1. The summed E-state index contributed by atoms with van der Waals surface area (Å²) >= 11 is 0. The van der Waals surface area contributed by atoms with Crippen molar-refractivity contribution in [3.05, 3.63) is 48.0 Å². The Hall–Kier alpha value is -2.69. The van der Waals surface area contributed by atoms with Crippen molar-refractivity contribution in [2.24, 2.45) is 0 Å². The number of hydrogen-bond acceptors (Lipinski definition) is 4. The van der Waals surface area contributed by atoms with Gasteiger partial charge in [0.1, 0.15) is 11.5 Å². The van der Waals surface area contributed by atoms with Gasteiger partial charge >= 0.3 is 0 Å². The molecule has 0 aliphatic heterocycles. The van der Waals surface area contributed by atoms with Crippen LogP contribution >= 0.6 is 0 Å². The van der Waals surface area contributed by atoms with Crippen LogP contribution in [0.1, 0.15) is 26.3 Å². The minimum Gasteiger partial charge on any atom is -0.495 e. The Labute approximate surface area is 142 Å². The fourth-order valence-corrected chi connectivity index (χ4v) is 2.21. The highest BCUT2D eigenvalue weighted by Gasteiger charge is 2.13. The third-order valence-electron chi connectivity index (χ3n) is 3.59. The van der Waals surface area contributed by atoms with Gasteiger partial charge in [0.25, 0.3) is 5.91 Å². The molecule has 0 radical (unpaired) electrons. The van der Waals surface area contributed by atoms with Crippen molar-refractivity contribution in [1.82, 2.24) is 0 Å². The maximum atomic E-state index is 12.1. The van der Waals surface area contributed by atoms with Crippen LogP contribution in [-0.2, 0) is 10.2 Å². The number of benzene rings is 2. The van der Waals surface area contributed by atoms with E-state index < -0.39 is 0 Å². The predicted octanol–water partition coefficient (Wildman–Crippen LogP) is 3.59. The van der Waals surface area contributed by atoms with Crippen molar-refractivity contribution in [3.8, 4) is 11.5 Å². The second-order valence-electron chi connectivity index (χ2n) is 6.57. The van der Waals surface area contributed by atoms with Crippen LogP contribution in [-0.4, -0.2) is 19.6 Å². The zero-order chi connectivity index (χ0) is 17.7. The Morgan fingerprint density at radius 3 is 2.38 bits per heavy atom. The number of ether oxygens (including phenoxy) is 2. The molecular weight excluding hydrogens is 304 g/mol. The van der Waals surface area contributed by atoms with Crippen molar-refractivity contribution in [2.45, 2.75) is 26.2 Å². The highest BCUT2D eigenvalue weighted by atomic mass is 16.5. The molecular formula is C19H24N2O3. The topological polar surface area (TPSA) is 73.6 Å². The molecule has 0 spiro atoms. The molecule has 24 heavy (non-hydrogen) atoms. The fourth-order valence-electron chi connectivity index (χ4n) is 2.21. The second kappa shape index (κ2) is 7.25. The highest BCUT2D eigenvalue weighted by Crippen LogP contribution is 2.27. The first kappa shape index (κ1) is 17.7. The summed E-state index contributed by atoms with van der Waals surface area (Å²) in [6.45, 7) is 6.35. The molecule has 0 heterocycles. The van der Waals surface area contributed by atoms with Gasteiger partial charge < -0.3 is 20.5 Å². The molecule has 5 nitrogen and oxygen atoms in total.